The third-order valence-corrected chi connectivity index (χ3v) is 16.7. The van der Waals surface area contributed by atoms with E-state index < -0.39 is 79.6 Å². The fourth-order valence-corrected chi connectivity index (χ4v) is 8.52. The number of likely N-dealkylation sites (N-methyl/N-ethyl adjacent to an activating group) is 1. The van der Waals surface area contributed by atoms with Crippen molar-refractivity contribution in [3.8, 4) is 0 Å². The van der Waals surface area contributed by atoms with Crippen LogP contribution < -0.4 is 0 Å². The summed E-state index contributed by atoms with van der Waals surface area (Å²) in [4.78, 5) is 58.0. The number of hydrogen-bond acceptors (Lipinski definition) is 12. The minimum Gasteiger partial charge on any atom is -0.458 e. The first kappa shape index (κ1) is 47.6. The SMILES string of the molecule is CC[C@H]1OC(=O)[C@H](C)C(=O)[C@H](C)[C@@H](O[C@@H]2O[C@H](C)C[C@H](N(C)C)[C@H]2OC(=O)c2ccccc2)[C@@](C)(OC)C[C@@H](C)C(=O)/C(C)=C/[C@@]1(O)CO[Si](C)(C)C(C)(C)C. The zero-order chi connectivity index (χ0) is 42.6. The Hall–Kier alpha value is -2.78. The Morgan fingerprint density at radius 1 is 1.05 bits per heavy atom. The van der Waals surface area contributed by atoms with Crippen LogP contribution in [0.3, 0.4) is 0 Å². The molecule has 2 aliphatic rings. The maximum absolute atomic E-state index is 14.5. The van der Waals surface area contributed by atoms with Crippen molar-refractivity contribution in [3.63, 3.8) is 0 Å². The Labute approximate surface area is 336 Å². The highest BCUT2D eigenvalue weighted by atomic mass is 28.4. The van der Waals surface area contributed by atoms with Gasteiger partial charge in [0.25, 0.3) is 0 Å². The number of carbonyl (C=O) groups excluding carboxylic acids is 4. The maximum atomic E-state index is 14.5. The van der Waals surface area contributed by atoms with Crippen LogP contribution in [0.4, 0.5) is 0 Å². The maximum Gasteiger partial charge on any atom is 0.338 e. The number of hydrogen-bond donors (Lipinski definition) is 1. The molecule has 1 aromatic carbocycles. The number of allylic oxidation sites excluding steroid dienone is 1. The largest absolute Gasteiger partial charge is 0.458 e. The van der Waals surface area contributed by atoms with Crippen molar-refractivity contribution in [1.29, 1.82) is 0 Å². The highest BCUT2D eigenvalue weighted by molar-refractivity contribution is 6.74. The quantitative estimate of drug-likeness (QED) is 0.156. The van der Waals surface area contributed by atoms with Crippen LogP contribution in [0.5, 0.6) is 0 Å². The second-order valence-electron chi connectivity index (χ2n) is 18.0. The number of nitrogens with zero attached hydrogens (tertiary/aromatic N) is 1. The van der Waals surface area contributed by atoms with Crippen LogP contribution in [0, 0.1) is 17.8 Å². The van der Waals surface area contributed by atoms with Gasteiger partial charge < -0.3 is 38.1 Å². The number of esters is 2. The monoisotopic (exact) mass is 803 g/mol. The number of cyclic esters (lactones) is 1. The summed E-state index contributed by atoms with van der Waals surface area (Å²) in [5.74, 6) is -5.10. The number of benzene rings is 1. The van der Waals surface area contributed by atoms with Gasteiger partial charge in [0.15, 0.2) is 32.3 Å². The highest BCUT2D eigenvalue weighted by Crippen LogP contribution is 2.40. The van der Waals surface area contributed by atoms with Crippen molar-refractivity contribution >= 4 is 31.8 Å². The summed E-state index contributed by atoms with van der Waals surface area (Å²) in [6.45, 7) is 22.1. The molecule has 2 aliphatic heterocycles. The van der Waals surface area contributed by atoms with Gasteiger partial charge in [-0.25, -0.2) is 4.79 Å². The van der Waals surface area contributed by atoms with E-state index in [1.165, 1.54) is 20.1 Å². The summed E-state index contributed by atoms with van der Waals surface area (Å²) in [6.07, 6.45) is -2.34. The Bertz CT molecular complexity index is 1560. The van der Waals surface area contributed by atoms with Gasteiger partial charge in [-0.05, 0) is 103 Å². The van der Waals surface area contributed by atoms with E-state index in [1.54, 1.807) is 65.0 Å². The van der Waals surface area contributed by atoms with Gasteiger partial charge in [0, 0.05) is 18.9 Å². The molecule has 0 unspecified atom stereocenters. The summed E-state index contributed by atoms with van der Waals surface area (Å²) >= 11 is 0. The normalized spacial score (nSPS) is 35.3. The Morgan fingerprint density at radius 3 is 2.20 bits per heavy atom. The van der Waals surface area contributed by atoms with Gasteiger partial charge in [0.1, 0.15) is 17.6 Å². The molecule has 1 saturated heterocycles. The third kappa shape index (κ3) is 11.0. The summed E-state index contributed by atoms with van der Waals surface area (Å²) < 4.78 is 38.0. The van der Waals surface area contributed by atoms with E-state index in [0.29, 0.717) is 12.0 Å². The van der Waals surface area contributed by atoms with Crippen molar-refractivity contribution < 1.29 is 52.4 Å². The molecule has 0 bridgehead atoms. The van der Waals surface area contributed by atoms with Crippen molar-refractivity contribution in [1.82, 2.24) is 4.90 Å². The fourth-order valence-electron chi connectivity index (χ4n) is 7.50. The van der Waals surface area contributed by atoms with Crippen LogP contribution in [0.25, 0.3) is 0 Å². The molecule has 1 N–H and O–H groups in total. The van der Waals surface area contributed by atoms with Gasteiger partial charge in [-0.1, -0.05) is 59.7 Å². The van der Waals surface area contributed by atoms with Gasteiger partial charge in [0.2, 0.25) is 0 Å². The van der Waals surface area contributed by atoms with Crippen LogP contribution in [0.15, 0.2) is 42.0 Å². The lowest BCUT2D eigenvalue weighted by Gasteiger charge is -2.47. The first-order chi connectivity index (χ1) is 25.8. The van der Waals surface area contributed by atoms with Gasteiger partial charge in [-0.2, -0.15) is 0 Å². The summed E-state index contributed by atoms with van der Waals surface area (Å²) in [7, 11) is 2.85. The molecule has 0 saturated carbocycles. The fraction of sp³-hybridized carbons (Fsp3) is 0.721. The number of aliphatic hydroxyl groups is 1. The molecule has 56 heavy (non-hydrogen) atoms. The molecule has 0 aromatic heterocycles. The van der Waals surface area contributed by atoms with Crippen LogP contribution in [0.1, 0.15) is 98.9 Å². The number of methoxy groups -OCH3 is 1. The molecule has 13 heteroatoms. The van der Waals surface area contributed by atoms with Crippen molar-refractivity contribution in [2.24, 2.45) is 17.8 Å². The van der Waals surface area contributed by atoms with Crippen molar-refractivity contribution in [2.45, 2.75) is 155 Å². The lowest BCUT2D eigenvalue weighted by Crippen LogP contribution is -2.60. The molecule has 0 radical (unpaired) electrons. The molecule has 0 amide bonds. The van der Waals surface area contributed by atoms with Crippen molar-refractivity contribution in [3.05, 3.63) is 47.5 Å². The average molecular weight is 804 g/mol. The topological polar surface area (TPSA) is 147 Å². The lowest BCUT2D eigenvalue weighted by molar-refractivity contribution is -0.294. The summed E-state index contributed by atoms with van der Waals surface area (Å²) in [5, 5.41) is 12.1. The van der Waals surface area contributed by atoms with Gasteiger partial charge >= 0.3 is 11.9 Å². The molecule has 2 heterocycles. The zero-order valence-corrected chi connectivity index (χ0v) is 37.5. The Balaban J connectivity index is 2.14. The van der Waals surface area contributed by atoms with E-state index in [9.17, 15) is 24.3 Å². The minimum absolute atomic E-state index is 0.0958. The zero-order valence-electron chi connectivity index (χ0n) is 36.5. The highest BCUT2D eigenvalue weighted by Gasteiger charge is 2.51. The van der Waals surface area contributed by atoms with E-state index in [2.05, 4.69) is 33.9 Å². The second kappa shape index (κ2) is 18.9. The molecule has 316 valence electrons. The first-order valence-corrected chi connectivity index (χ1v) is 22.9. The minimum atomic E-state index is -2.40. The second-order valence-corrected chi connectivity index (χ2v) is 22.8. The number of ether oxygens (including phenoxy) is 5. The molecule has 11 atom stereocenters. The van der Waals surface area contributed by atoms with Crippen LogP contribution >= 0.6 is 0 Å². The molecular weight excluding hydrogens is 735 g/mol. The predicted molar refractivity (Wildman–Crippen MR) is 217 cm³/mol. The molecule has 3 rings (SSSR count). The van der Waals surface area contributed by atoms with E-state index in [1.807, 2.05) is 25.9 Å². The third-order valence-electron chi connectivity index (χ3n) is 12.2. The van der Waals surface area contributed by atoms with E-state index >= 15 is 0 Å². The summed E-state index contributed by atoms with van der Waals surface area (Å²) in [6, 6.07) is 8.31. The Kier molecular flexibility index (Phi) is 16.0. The van der Waals surface area contributed by atoms with Crippen molar-refractivity contribution in [2.75, 3.05) is 27.8 Å². The van der Waals surface area contributed by atoms with Gasteiger partial charge in [-0.15, -0.1) is 0 Å². The smallest absolute Gasteiger partial charge is 0.338 e. The van der Waals surface area contributed by atoms with E-state index in [-0.39, 0.29) is 48.0 Å². The van der Waals surface area contributed by atoms with Crippen LogP contribution in [-0.4, -0.2) is 118 Å². The lowest BCUT2D eigenvalue weighted by atomic mass is 9.77. The number of Topliss-reactive ketones (excluding diaryl/α,β-unsaturated/α-hetero) is 2. The standard InChI is InChI=1S/C43H69NO11Si/c1-16-33-43(49,25-51-56(14,15)41(7,8)9)24-27(3)34(45)26(2)23-42(10,50-13)37(29(5)35(46)30(6)38(47)53-33)55-40-36(32(44(11)12)22-28(4)52-40)54-39(48)31-20-18-17-19-21-31/h17-21,24,26,28-30,32-33,36-37,40,49H,16,22-23,25H2,1-15H3/b27-24+/t26-,28-,29+,30-,32+,33-,36-,37-,40+,42+,43-/m1/s1. The summed E-state index contributed by atoms with van der Waals surface area (Å²) in [5.41, 5.74) is -2.54. The molecule has 1 fully saturated rings. The molecule has 12 nitrogen and oxygen atoms in total. The number of carbonyl (C=O) groups is 4. The number of ketones is 2. The predicted octanol–water partition coefficient (Wildman–Crippen LogP) is 6.54. The average Bonchev–Trinajstić information content (AvgIpc) is 3.13. The number of rotatable bonds is 10. The van der Waals surface area contributed by atoms with E-state index in [4.69, 9.17) is 28.1 Å². The van der Waals surface area contributed by atoms with Gasteiger partial charge in [0.05, 0.1) is 36.0 Å². The molecule has 0 spiro atoms. The first-order valence-electron chi connectivity index (χ1n) is 19.9. The van der Waals surface area contributed by atoms with E-state index in [0.717, 1.165) is 0 Å². The van der Waals surface area contributed by atoms with Crippen LogP contribution in [-0.2, 0) is 42.5 Å². The molecular formula is C43H69NO11Si. The molecule has 0 aliphatic carbocycles. The Morgan fingerprint density at radius 2 is 1.66 bits per heavy atom. The molecule has 1 aromatic rings. The van der Waals surface area contributed by atoms with Crippen LogP contribution in [0.2, 0.25) is 18.1 Å². The van der Waals surface area contributed by atoms with Gasteiger partial charge in [-0.3, -0.25) is 14.4 Å².